The van der Waals surface area contributed by atoms with Crippen LogP contribution in [0.3, 0.4) is 0 Å². The highest BCUT2D eigenvalue weighted by Crippen LogP contribution is 2.02. The molecule has 0 rings (SSSR count). The van der Waals surface area contributed by atoms with Gasteiger partial charge in [0.05, 0.1) is 0 Å². The molecule has 0 radical (unpaired) electrons. The van der Waals surface area contributed by atoms with Crippen LogP contribution >= 0.6 is 11.8 Å². The largest absolute Gasteiger partial charge is 0.211 e. The molecule has 0 aliphatic heterocycles. The second-order valence-corrected chi connectivity index (χ2v) is 3.01. The van der Waals surface area contributed by atoms with Gasteiger partial charge in [0, 0.05) is 0 Å². The number of thioether (sulfide) groups is 1. The minimum Gasteiger partial charge on any atom is -0.211 e. The standard InChI is InChI=1S/C5H8OS2/c1-4(2)5(7-3)8-6/h1H2,2-3H3. The third-order valence-corrected chi connectivity index (χ3v) is 2.53. The van der Waals surface area contributed by atoms with Crippen molar-refractivity contribution in [3.63, 3.8) is 0 Å². The maximum absolute atomic E-state index is 10.1. The summed E-state index contributed by atoms with van der Waals surface area (Å²) in [7, 11) is 0. The van der Waals surface area contributed by atoms with Gasteiger partial charge in [0.15, 0.2) is 0 Å². The molecule has 0 heterocycles. The predicted octanol–water partition coefficient (Wildman–Crippen LogP) is 1.27. The Morgan fingerprint density at radius 2 is 2.12 bits per heavy atom. The van der Waals surface area contributed by atoms with Gasteiger partial charge in [0.2, 0.25) is 0 Å². The van der Waals surface area contributed by atoms with Crippen LogP contribution in [0, 0.1) is 0 Å². The molecule has 0 atom stereocenters. The van der Waals surface area contributed by atoms with Crippen LogP contribution in [0.4, 0.5) is 0 Å². The molecule has 0 N–H and O–H groups in total. The first-order valence-corrected chi connectivity index (χ1v) is 4.05. The number of rotatable bonds is 1. The van der Waals surface area contributed by atoms with Gasteiger partial charge < -0.3 is 0 Å². The van der Waals surface area contributed by atoms with Crippen molar-refractivity contribution in [3.8, 4) is 0 Å². The Balaban J connectivity index is 4.14. The molecule has 0 spiro atoms. The Morgan fingerprint density at radius 3 is 2.12 bits per heavy atom. The van der Waals surface area contributed by atoms with E-state index in [1.807, 2.05) is 13.2 Å². The molecule has 0 aliphatic rings. The highest BCUT2D eigenvalue weighted by Gasteiger charge is 1.92. The second-order valence-electron chi connectivity index (χ2n) is 1.36. The first-order valence-electron chi connectivity index (χ1n) is 2.09. The van der Waals surface area contributed by atoms with E-state index in [0.29, 0.717) is 11.3 Å². The molecule has 46 valence electrons. The van der Waals surface area contributed by atoms with Crippen LogP contribution in [0.1, 0.15) is 6.92 Å². The Hall–Kier alpha value is -0.0200. The number of hydrogen-bond donors (Lipinski definition) is 0. The molecule has 3 heteroatoms. The van der Waals surface area contributed by atoms with E-state index in [-0.39, 0.29) is 0 Å². The van der Waals surface area contributed by atoms with Crippen LogP contribution in [-0.4, -0.2) is 14.7 Å². The zero-order chi connectivity index (χ0) is 6.57. The first-order chi connectivity index (χ1) is 3.72. The normalized spacial score (nSPS) is 8.25. The average molecular weight is 148 g/mol. The van der Waals surface area contributed by atoms with Crippen LogP contribution in [-0.2, 0) is 11.3 Å². The third-order valence-electron chi connectivity index (χ3n) is 0.610. The van der Waals surface area contributed by atoms with E-state index < -0.39 is 0 Å². The van der Waals surface area contributed by atoms with E-state index in [4.69, 9.17) is 0 Å². The molecule has 0 fully saturated rings. The molecule has 1 nitrogen and oxygen atoms in total. The summed E-state index contributed by atoms with van der Waals surface area (Å²) < 4.78 is 10.9. The lowest BCUT2D eigenvalue weighted by Crippen LogP contribution is -1.88. The SMILES string of the molecule is C=C(C)C(SC)=S=O. The van der Waals surface area contributed by atoms with Crippen LogP contribution in [0.5, 0.6) is 0 Å². The molecule has 0 aromatic carbocycles. The van der Waals surface area contributed by atoms with Gasteiger partial charge in [-0.1, -0.05) is 6.58 Å². The quantitative estimate of drug-likeness (QED) is 0.411. The Morgan fingerprint density at radius 1 is 1.62 bits per heavy atom. The topological polar surface area (TPSA) is 17.1 Å². The van der Waals surface area contributed by atoms with Gasteiger partial charge in [-0.15, -0.1) is 11.8 Å². The lowest BCUT2D eigenvalue weighted by Gasteiger charge is -1.91. The average Bonchev–Trinajstić information content (AvgIpc) is 1.69. The summed E-state index contributed by atoms with van der Waals surface area (Å²) in [6.45, 7) is 5.45. The zero-order valence-corrected chi connectivity index (χ0v) is 6.56. The second kappa shape index (κ2) is 3.92. The molecule has 0 aliphatic carbocycles. The van der Waals surface area contributed by atoms with Crippen molar-refractivity contribution < 1.29 is 4.21 Å². The van der Waals surface area contributed by atoms with Crippen LogP contribution in [0.25, 0.3) is 0 Å². The van der Waals surface area contributed by atoms with Crippen molar-refractivity contribution in [2.24, 2.45) is 0 Å². The summed E-state index contributed by atoms with van der Waals surface area (Å²) in [6.07, 6.45) is 1.87. The van der Waals surface area contributed by atoms with E-state index in [0.717, 1.165) is 9.77 Å². The lowest BCUT2D eigenvalue weighted by molar-refractivity contribution is 0.701. The van der Waals surface area contributed by atoms with E-state index in [2.05, 4.69) is 6.58 Å². The van der Waals surface area contributed by atoms with Gasteiger partial charge in [-0.2, -0.15) is 0 Å². The Bertz CT molecular complexity index is 145. The maximum atomic E-state index is 10.1. The minimum atomic E-state index is 0.508. The van der Waals surface area contributed by atoms with Crippen molar-refractivity contribution in [1.82, 2.24) is 0 Å². The highest BCUT2D eigenvalue weighted by molar-refractivity contribution is 8.21. The van der Waals surface area contributed by atoms with Crippen molar-refractivity contribution in [1.29, 1.82) is 0 Å². The monoisotopic (exact) mass is 148 g/mol. The van der Waals surface area contributed by atoms with Crippen LogP contribution in [0.2, 0.25) is 0 Å². The molecular formula is C5H8OS2. The smallest absolute Gasteiger partial charge is 0.104 e. The number of hydrogen-bond acceptors (Lipinski definition) is 2. The maximum Gasteiger partial charge on any atom is 0.104 e. The molecule has 0 unspecified atom stereocenters. The summed E-state index contributed by atoms with van der Waals surface area (Å²) in [5, 5.41) is 0. The first kappa shape index (κ1) is 7.98. The van der Waals surface area contributed by atoms with Crippen molar-refractivity contribution in [3.05, 3.63) is 12.2 Å². The molecular weight excluding hydrogens is 140 g/mol. The molecule has 0 aromatic heterocycles. The fourth-order valence-electron chi connectivity index (χ4n) is 0.279. The highest BCUT2D eigenvalue weighted by atomic mass is 32.2. The zero-order valence-electron chi connectivity index (χ0n) is 4.93. The molecule has 0 saturated carbocycles. The van der Waals surface area contributed by atoms with Crippen LogP contribution < -0.4 is 0 Å². The molecule has 8 heavy (non-hydrogen) atoms. The van der Waals surface area contributed by atoms with E-state index in [9.17, 15) is 4.21 Å². The van der Waals surface area contributed by atoms with E-state index >= 15 is 0 Å². The van der Waals surface area contributed by atoms with E-state index in [1.165, 1.54) is 11.8 Å². The summed E-state index contributed by atoms with van der Waals surface area (Å²) in [5.41, 5.74) is 0.859. The fraction of sp³-hybridized carbons (Fsp3) is 0.400. The predicted molar refractivity (Wildman–Crippen MR) is 41.5 cm³/mol. The van der Waals surface area contributed by atoms with Gasteiger partial charge in [-0.3, -0.25) is 0 Å². The van der Waals surface area contributed by atoms with Gasteiger partial charge in [-0.25, -0.2) is 4.21 Å². The molecule has 0 saturated heterocycles. The van der Waals surface area contributed by atoms with E-state index in [1.54, 1.807) is 0 Å². The summed E-state index contributed by atoms with van der Waals surface area (Å²) >= 11 is 1.95. The summed E-state index contributed by atoms with van der Waals surface area (Å²) in [5.74, 6) is 0. The Kier molecular flexibility index (Phi) is 3.91. The summed E-state index contributed by atoms with van der Waals surface area (Å²) in [4.78, 5) is 0. The fourth-order valence-corrected chi connectivity index (χ4v) is 1.04. The van der Waals surface area contributed by atoms with Crippen LogP contribution in [0.15, 0.2) is 12.2 Å². The molecule has 0 aromatic rings. The van der Waals surface area contributed by atoms with Gasteiger partial charge in [-0.05, 0) is 18.8 Å². The van der Waals surface area contributed by atoms with Crippen molar-refractivity contribution >= 4 is 27.2 Å². The minimum absolute atomic E-state index is 0.508. The van der Waals surface area contributed by atoms with Gasteiger partial charge >= 0.3 is 0 Å². The van der Waals surface area contributed by atoms with Crippen molar-refractivity contribution in [2.75, 3.05) is 6.26 Å². The molecule has 0 amide bonds. The third kappa shape index (κ3) is 2.33. The lowest BCUT2D eigenvalue weighted by atomic mass is 10.4. The van der Waals surface area contributed by atoms with Gasteiger partial charge in [0.25, 0.3) is 0 Å². The Labute approximate surface area is 57.2 Å². The van der Waals surface area contributed by atoms with Gasteiger partial charge in [0.1, 0.15) is 15.5 Å². The summed E-state index contributed by atoms with van der Waals surface area (Å²) in [6, 6.07) is 0. The van der Waals surface area contributed by atoms with Crippen molar-refractivity contribution in [2.45, 2.75) is 6.92 Å². The molecule has 0 bridgehead atoms.